The van der Waals surface area contributed by atoms with E-state index in [1.807, 2.05) is 30.0 Å². The second-order valence-electron chi connectivity index (χ2n) is 7.14. The zero-order valence-corrected chi connectivity index (χ0v) is 17.7. The zero-order chi connectivity index (χ0) is 20.0. The molecule has 2 aromatic rings. The van der Waals surface area contributed by atoms with Gasteiger partial charge in [-0.1, -0.05) is 82.2 Å². The molecule has 0 aliphatic carbocycles. The van der Waals surface area contributed by atoms with Gasteiger partial charge in [0.15, 0.2) is 5.78 Å². The molecule has 0 heterocycles. The summed E-state index contributed by atoms with van der Waals surface area (Å²) in [5, 5.41) is 9.46. The molecule has 0 amide bonds. The number of phenolic OH excluding ortho intramolecular Hbond substituents is 1. The van der Waals surface area contributed by atoms with E-state index in [1.165, 1.54) is 68.1 Å². The third-order valence-corrected chi connectivity index (χ3v) is 5.80. The maximum atomic E-state index is 12.1. The number of rotatable bonds is 13. The topological polar surface area (TPSA) is 37.3 Å². The van der Waals surface area contributed by atoms with Crippen LogP contribution < -0.4 is 0 Å². The third kappa shape index (κ3) is 8.79. The number of carbonyl (C=O) groups is 1. The van der Waals surface area contributed by atoms with Crippen LogP contribution in [0.3, 0.4) is 0 Å². The molecule has 2 aromatic carbocycles. The van der Waals surface area contributed by atoms with Gasteiger partial charge >= 0.3 is 0 Å². The molecule has 2 nitrogen and oxygen atoms in total. The van der Waals surface area contributed by atoms with Crippen LogP contribution >= 0.6 is 11.8 Å². The van der Waals surface area contributed by atoms with Crippen LogP contribution in [0.15, 0.2) is 59.5 Å². The number of unbranched alkanes of at least 4 members (excludes halogenated alkanes) is 7. The number of ketones is 1. The second kappa shape index (κ2) is 13.2. The van der Waals surface area contributed by atoms with Crippen LogP contribution in [0.5, 0.6) is 5.75 Å². The Bertz CT molecular complexity index is 734. The number of aromatic hydroxyl groups is 1. The Labute approximate surface area is 174 Å². The average molecular weight is 397 g/mol. The summed E-state index contributed by atoms with van der Waals surface area (Å²) < 4.78 is 0. The van der Waals surface area contributed by atoms with E-state index in [0.717, 1.165) is 5.56 Å². The molecule has 0 aromatic heterocycles. The zero-order valence-electron chi connectivity index (χ0n) is 16.9. The van der Waals surface area contributed by atoms with Crippen molar-refractivity contribution < 1.29 is 9.90 Å². The number of carbonyl (C=O) groups excluding carboxylic acids is 1. The summed E-state index contributed by atoms with van der Waals surface area (Å²) >= 11 is 1.91. The van der Waals surface area contributed by atoms with E-state index in [4.69, 9.17) is 0 Å². The Hall–Kier alpha value is -2.00. The van der Waals surface area contributed by atoms with E-state index in [1.54, 1.807) is 24.3 Å². The molecule has 0 atom stereocenters. The fraction of sp³-hybridized carbons (Fsp3) is 0.400. The lowest BCUT2D eigenvalue weighted by atomic mass is 10.1. The van der Waals surface area contributed by atoms with E-state index < -0.39 is 0 Å². The SMILES string of the molecule is CCCCCCCCCCSc1ccc(C=CC(=O)c2cccc(O)c2)cc1. The summed E-state index contributed by atoms with van der Waals surface area (Å²) in [4.78, 5) is 13.4. The number of hydrogen-bond acceptors (Lipinski definition) is 3. The lowest BCUT2D eigenvalue weighted by Crippen LogP contribution is -1.93. The predicted octanol–water partition coefficient (Wildman–Crippen LogP) is 7.52. The van der Waals surface area contributed by atoms with Gasteiger partial charge in [-0.3, -0.25) is 4.79 Å². The van der Waals surface area contributed by atoms with Crippen LogP contribution in [-0.2, 0) is 0 Å². The Balaban J connectivity index is 1.66. The molecule has 0 saturated heterocycles. The summed E-state index contributed by atoms with van der Waals surface area (Å²) in [7, 11) is 0. The van der Waals surface area contributed by atoms with Gasteiger partial charge in [0.1, 0.15) is 5.75 Å². The van der Waals surface area contributed by atoms with Gasteiger partial charge in [-0.05, 0) is 48.1 Å². The van der Waals surface area contributed by atoms with E-state index in [0.29, 0.717) is 5.56 Å². The number of allylic oxidation sites excluding steroid dienone is 1. The first kappa shape index (κ1) is 22.3. The van der Waals surface area contributed by atoms with E-state index in [9.17, 15) is 9.90 Å². The fourth-order valence-electron chi connectivity index (χ4n) is 3.03. The minimum absolute atomic E-state index is 0.107. The Morgan fingerprint density at radius 1 is 0.929 bits per heavy atom. The molecule has 0 fully saturated rings. The smallest absolute Gasteiger partial charge is 0.185 e. The molecule has 0 aliphatic rings. The molecule has 2 rings (SSSR count). The standard InChI is InChI=1S/C25H32O2S/c1-2-3-4-5-6-7-8-9-19-28-24-16-13-21(14-17-24)15-18-25(27)22-11-10-12-23(26)20-22/h10-18,20,26H,2-9,19H2,1H3. The summed E-state index contributed by atoms with van der Waals surface area (Å²) in [5.74, 6) is 1.17. The van der Waals surface area contributed by atoms with Crippen molar-refractivity contribution in [3.8, 4) is 5.75 Å². The Morgan fingerprint density at radius 3 is 2.29 bits per heavy atom. The number of phenols is 1. The van der Waals surface area contributed by atoms with Crippen molar-refractivity contribution in [2.75, 3.05) is 5.75 Å². The highest BCUT2D eigenvalue weighted by molar-refractivity contribution is 7.99. The normalized spacial score (nSPS) is 11.2. The highest BCUT2D eigenvalue weighted by Crippen LogP contribution is 2.21. The third-order valence-electron chi connectivity index (χ3n) is 4.70. The van der Waals surface area contributed by atoms with Crippen LogP contribution in [0, 0.1) is 0 Å². The monoisotopic (exact) mass is 396 g/mol. The summed E-state index contributed by atoms with van der Waals surface area (Å²) in [5.41, 5.74) is 1.50. The van der Waals surface area contributed by atoms with Crippen molar-refractivity contribution in [3.05, 3.63) is 65.7 Å². The van der Waals surface area contributed by atoms with Gasteiger partial charge in [-0.2, -0.15) is 0 Å². The largest absolute Gasteiger partial charge is 0.508 e. The highest BCUT2D eigenvalue weighted by atomic mass is 32.2. The maximum Gasteiger partial charge on any atom is 0.185 e. The van der Waals surface area contributed by atoms with Crippen molar-refractivity contribution in [2.24, 2.45) is 0 Å². The lowest BCUT2D eigenvalue weighted by Gasteiger charge is -2.03. The minimum Gasteiger partial charge on any atom is -0.508 e. The number of hydrogen-bond donors (Lipinski definition) is 1. The van der Waals surface area contributed by atoms with Crippen LogP contribution in [-0.4, -0.2) is 16.6 Å². The van der Waals surface area contributed by atoms with Crippen molar-refractivity contribution in [1.29, 1.82) is 0 Å². The van der Waals surface area contributed by atoms with Gasteiger partial charge in [0, 0.05) is 10.5 Å². The molecular weight excluding hydrogens is 364 g/mol. The van der Waals surface area contributed by atoms with Crippen molar-refractivity contribution in [1.82, 2.24) is 0 Å². The first-order chi connectivity index (χ1) is 13.7. The predicted molar refractivity (Wildman–Crippen MR) is 121 cm³/mol. The molecule has 0 spiro atoms. The lowest BCUT2D eigenvalue weighted by molar-refractivity contribution is 0.104. The van der Waals surface area contributed by atoms with Gasteiger partial charge in [0.2, 0.25) is 0 Å². The van der Waals surface area contributed by atoms with Gasteiger partial charge in [-0.15, -0.1) is 11.8 Å². The highest BCUT2D eigenvalue weighted by Gasteiger charge is 2.02. The quantitative estimate of drug-likeness (QED) is 0.165. The van der Waals surface area contributed by atoms with Crippen molar-refractivity contribution in [2.45, 2.75) is 63.2 Å². The molecule has 150 valence electrons. The van der Waals surface area contributed by atoms with Crippen LogP contribution in [0.2, 0.25) is 0 Å². The maximum absolute atomic E-state index is 12.1. The van der Waals surface area contributed by atoms with Gasteiger partial charge in [0.25, 0.3) is 0 Å². The number of thioether (sulfide) groups is 1. The molecule has 3 heteroatoms. The molecule has 0 bridgehead atoms. The molecule has 0 aliphatic heterocycles. The first-order valence-electron chi connectivity index (χ1n) is 10.4. The summed E-state index contributed by atoms with van der Waals surface area (Å²) in [6.07, 6.45) is 14.2. The fourth-order valence-corrected chi connectivity index (χ4v) is 3.94. The Kier molecular flexibility index (Phi) is 10.5. The van der Waals surface area contributed by atoms with E-state index >= 15 is 0 Å². The number of benzene rings is 2. The second-order valence-corrected chi connectivity index (χ2v) is 8.31. The molecule has 0 unspecified atom stereocenters. The van der Waals surface area contributed by atoms with Crippen molar-refractivity contribution >= 4 is 23.6 Å². The molecule has 28 heavy (non-hydrogen) atoms. The van der Waals surface area contributed by atoms with Crippen LogP contribution in [0.25, 0.3) is 6.08 Å². The van der Waals surface area contributed by atoms with E-state index in [2.05, 4.69) is 19.1 Å². The molecule has 0 radical (unpaired) electrons. The average Bonchev–Trinajstić information content (AvgIpc) is 2.71. The molecular formula is C25H32O2S. The van der Waals surface area contributed by atoms with Crippen molar-refractivity contribution in [3.63, 3.8) is 0 Å². The van der Waals surface area contributed by atoms with Crippen LogP contribution in [0.1, 0.15) is 74.2 Å². The van der Waals surface area contributed by atoms with Gasteiger partial charge in [0.05, 0.1) is 0 Å². The minimum atomic E-state index is -0.107. The van der Waals surface area contributed by atoms with Gasteiger partial charge in [-0.25, -0.2) is 0 Å². The summed E-state index contributed by atoms with van der Waals surface area (Å²) in [6.45, 7) is 2.26. The Morgan fingerprint density at radius 2 is 1.61 bits per heavy atom. The van der Waals surface area contributed by atoms with E-state index in [-0.39, 0.29) is 11.5 Å². The molecule has 1 N–H and O–H groups in total. The summed E-state index contributed by atoms with van der Waals surface area (Å²) in [6, 6.07) is 14.8. The first-order valence-corrected chi connectivity index (χ1v) is 11.4. The molecule has 0 saturated carbocycles. The van der Waals surface area contributed by atoms with Gasteiger partial charge < -0.3 is 5.11 Å². The van der Waals surface area contributed by atoms with Crippen LogP contribution in [0.4, 0.5) is 0 Å².